The van der Waals surface area contributed by atoms with E-state index < -0.39 is 0 Å². The number of benzene rings is 2. The van der Waals surface area contributed by atoms with Gasteiger partial charge in [-0.25, -0.2) is 0 Å². The fourth-order valence-corrected chi connectivity index (χ4v) is 6.67. The van der Waals surface area contributed by atoms with Gasteiger partial charge in [0.05, 0.1) is 5.56 Å². The fourth-order valence-electron chi connectivity index (χ4n) is 5.43. The fraction of sp³-hybridized carbons (Fsp3) is 0.353. The Kier molecular flexibility index (Phi) is 12.9. The summed E-state index contributed by atoms with van der Waals surface area (Å²) in [7, 11) is 0. The molecule has 0 atom stereocenters. The third kappa shape index (κ3) is 9.75. The Hall–Kier alpha value is -1.50. The number of aromatic amines is 2. The molecule has 2 aromatic heterocycles. The van der Waals surface area contributed by atoms with Crippen molar-refractivity contribution < 1.29 is 9.59 Å². The Balaban J connectivity index is 0.000000188. The van der Waals surface area contributed by atoms with Gasteiger partial charge in [0.15, 0.2) is 11.6 Å². The number of carbonyl (C=O) groups is 2. The van der Waals surface area contributed by atoms with Gasteiger partial charge in [-0.3, -0.25) is 9.59 Å². The van der Waals surface area contributed by atoms with Crippen LogP contribution in [0.5, 0.6) is 0 Å². The van der Waals surface area contributed by atoms with E-state index in [1.165, 1.54) is 4.90 Å². The molecule has 2 aromatic carbocycles. The summed E-state index contributed by atoms with van der Waals surface area (Å²) in [6, 6.07) is 22.0. The van der Waals surface area contributed by atoms with Crippen molar-refractivity contribution in [3.63, 3.8) is 0 Å². The first kappa shape index (κ1) is 35.0. The summed E-state index contributed by atoms with van der Waals surface area (Å²) in [5.41, 5.74) is 6.47. The zero-order valence-electron chi connectivity index (χ0n) is 25.1. The number of halogens is 2. The molecule has 4 aromatic rings. The van der Waals surface area contributed by atoms with Gasteiger partial charge in [-0.1, -0.05) is 75.9 Å². The van der Waals surface area contributed by atoms with Crippen LogP contribution in [0.25, 0.3) is 0 Å². The molecule has 2 N–H and O–H groups in total. The lowest BCUT2D eigenvalue weighted by Crippen LogP contribution is -2.26. The number of Topliss-reactive ketones (excluding diaryl/α,β-unsaturated/α-hetero) is 2. The second-order valence-electron chi connectivity index (χ2n) is 12.4. The summed E-state index contributed by atoms with van der Waals surface area (Å²) in [5, 5.41) is 0. The highest BCUT2D eigenvalue weighted by atomic mass is 128. The minimum Gasteiger partial charge on any atom is -0.362 e. The number of nitrogens with one attached hydrogen (secondary N) is 2. The highest BCUT2D eigenvalue weighted by Crippen LogP contribution is 2.42. The van der Waals surface area contributed by atoms with Crippen LogP contribution in [0, 0.1) is 24.7 Å². The maximum atomic E-state index is 12.5. The molecule has 224 valence electrons. The monoisotopic (exact) mass is 826 g/mol. The van der Waals surface area contributed by atoms with Crippen molar-refractivity contribution in [3.8, 4) is 0 Å². The number of ketones is 2. The molecule has 0 saturated heterocycles. The van der Waals surface area contributed by atoms with Crippen molar-refractivity contribution in [2.75, 3.05) is 0 Å². The third-order valence-electron chi connectivity index (χ3n) is 7.13. The van der Waals surface area contributed by atoms with Gasteiger partial charge in [0.25, 0.3) is 0 Å². The van der Waals surface area contributed by atoms with Crippen LogP contribution in [0.15, 0.2) is 81.4 Å². The highest BCUT2D eigenvalue weighted by molar-refractivity contribution is 15.0. The number of thiol groups is 1. The molecule has 6 rings (SSSR count). The van der Waals surface area contributed by atoms with Crippen molar-refractivity contribution >= 4 is 73.2 Å². The Morgan fingerprint density at radius 3 is 1.81 bits per heavy atom. The SMILES string of the molecule is Cc1[nH]c2c(c1Sc1ccccc1)C(=O)CC(C)(C)C2.Cc1cc2c([nH]1)CC(C)(C)CC2=O.II.Sc1ccccc1. The van der Waals surface area contributed by atoms with Crippen molar-refractivity contribution in [1.29, 1.82) is 0 Å². The standard InChI is InChI=1S/C17H19NOS.C11H15NO.C6H6S.I2/c1-11-16(20-12-7-5-4-6-8-12)15-13(18-11)9-17(2,3)10-14(15)19;1-7-4-8-9(12-7)5-11(2,3)6-10(8)13;7-6-4-2-1-3-5-6;1-2/h4-8,18H,9-10H2,1-3H3;4,12H,5-6H2,1-3H3;1-5,7H;. The van der Waals surface area contributed by atoms with Crippen LogP contribution in [0.1, 0.15) is 84.0 Å². The zero-order valence-corrected chi connectivity index (χ0v) is 31.1. The van der Waals surface area contributed by atoms with E-state index >= 15 is 0 Å². The first-order valence-corrected chi connectivity index (χ1v) is 21.5. The largest absolute Gasteiger partial charge is 0.362 e. The quantitative estimate of drug-likeness (QED) is 0.139. The average molecular weight is 827 g/mol. The number of hydrogen-bond donors (Lipinski definition) is 3. The Morgan fingerprint density at radius 2 is 1.26 bits per heavy atom. The third-order valence-corrected chi connectivity index (χ3v) is 8.65. The lowest BCUT2D eigenvalue weighted by atomic mass is 9.76. The summed E-state index contributed by atoms with van der Waals surface area (Å²) in [6.07, 6.45) is 3.25. The first-order chi connectivity index (χ1) is 19.8. The van der Waals surface area contributed by atoms with Gasteiger partial charge in [-0.05, 0) is 67.9 Å². The van der Waals surface area contributed by atoms with Crippen molar-refractivity contribution in [3.05, 3.63) is 101 Å². The van der Waals surface area contributed by atoms with Crippen molar-refractivity contribution in [2.24, 2.45) is 10.8 Å². The van der Waals surface area contributed by atoms with Gasteiger partial charge in [-0.15, -0.1) is 12.6 Å². The van der Waals surface area contributed by atoms with E-state index in [-0.39, 0.29) is 22.4 Å². The minimum atomic E-state index is 0.0655. The number of rotatable bonds is 2. The molecule has 0 amide bonds. The molecule has 0 bridgehead atoms. The normalized spacial score (nSPS) is 15.9. The predicted octanol–water partition coefficient (Wildman–Crippen LogP) is 10.9. The van der Waals surface area contributed by atoms with E-state index in [1.54, 1.807) is 11.8 Å². The lowest BCUT2D eigenvalue weighted by molar-refractivity contribution is 0.0900. The number of fused-ring (bicyclic) bond motifs is 2. The van der Waals surface area contributed by atoms with E-state index in [0.29, 0.717) is 12.8 Å². The van der Waals surface area contributed by atoms with Crippen LogP contribution >= 0.6 is 61.6 Å². The van der Waals surface area contributed by atoms with Crippen LogP contribution in [-0.2, 0) is 12.8 Å². The van der Waals surface area contributed by atoms with Crippen LogP contribution in [0.2, 0.25) is 0 Å². The minimum absolute atomic E-state index is 0.0655. The zero-order chi connectivity index (χ0) is 31.1. The molecule has 42 heavy (non-hydrogen) atoms. The van der Waals surface area contributed by atoms with E-state index in [2.05, 4.69) is 107 Å². The van der Waals surface area contributed by atoms with Crippen LogP contribution < -0.4 is 0 Å². The van der Waals surface area contributed by atoms with Crippen molar-refractivity contribution in [1.82, 2.24) is 9.97 Å². The van der Waals surface area contributed by atoms with E-state index in [4.69, 9.17) is 0 Å². The highest BCUT2D eigenvalue weighted by Gasteiger charge is 2.35. The molecule has 0 spiro atoms. The van der Waals surface area contributed by atoms with Crippen LogP contribution in [0.3, 0.4) is 0 Å². The molecule has 2 aliphatic rings. The summed E-state index contributed by atoms with van der Waals surface area (Å²) in [5.74, 6) is 0.564. The second-order valence-corrected chi connectivity index (χ2v) is 14.0. The van der Waals surface area contributed by atoms with Gasteiger partial charge in [0, 0.05) is 93.1 Å². The Labute approximate surface area is 283 Å². The van der Waals surface area contributed by atoms with Crippen molar-refractivity contribution in [2.45, 2.75) is 81.9 Å². The van der Waals surface area contributed by atoms with Crippen LogP contribution in [0.4, 0.5) is 0 Å². The topological polar surface area (TPSA) is 65.7 Å². The molecule has 0 saturated carbocycles. The first-order valence-electron chi connectivity index (χ1n) is 13.9. The summed E-state index contributed by atoms with van der Waals surface area (Å²) >= 11 is 10.0. The molecule has 0 aliphatic heterocycles. The molecule has 0 fully saturated rings. The molecule has 0 unspecified atom stereocenters. The van der Waals surface area contributed by atoms with Gasteiger partial charge in [0.1, 0.15) is 0 Å². The molecule has 2 heterocycles. The Bertz CT molecular complexity index is 1490. The lowest BCUT2D eigenvalue weighted by Gasteiger charge is -2.28. The maximum Gasteiger partial charge on any atom is 0.166 e. The summed E-state index contributed by atoms with van der Waals surface area (Å²) in [4.78, 5) is 34.2. The molecular weight excluding hydrogens is 786 g/mol. The number of H-pyrrole nitrogens is 2. The Morgan fingerprint density at radius 1 is 0.738 bits per heavy atom. The van der Waals surface area contributed by atoms with Gasteiger partial charge >= 0.3 is 0 Å². The van der Waals surface area contributed by atoms with E-state index in [1.807, 2.05) is 61.5 Å². The molecule has 4 nitrogen and oxygen atoms in total. The van der Waals surface area contributed by atoms with Gasteiger partial charge in [0.2, 0.25) is 0 Å². The summed E-state index contributed by atoms with van der Waals surface area (Å²) < 4.78 is 0. The van der Waals surface area contributed by atoms with Gasteiger partial charge < -0.3 is 9.97 Å². The number of aromatic nitrogens is 2. The molecule has 0 radical (unpaired) electrons. The molecule has 2 aliphatic carbocycles. The molecular formula is C34H40I2N2O2S2. The smallest absolute Gasteiger partial charge is 0.166 e. The average Bonchev–Trinajstić information content (AvgIpc) is 3.44. The maximum absolute atomic E-state index is 12.5. The number of carbonyl (C=O) groups excluding carboxylic acids is 2. The van der Waals surface area contributed by atoms with Crippen LogP contribution in [-0.4, -0.2) is 21.5 Å². The predicted molar refractivity (Wildman–Crippen MR) is 196 cm³/mol. The molecule has 8 heteroatoms. The number of aryl methyl sites for hydroxylation is 2. The number of hydrogen-bond acceptors (Lipinski definition) is 4. The van der Waals surface area contributed by atoms with Gasteiger partial charge in [-0.2, -0.15) is 0 Å². The van der Waals surface area contributed by atoms with E-state index in [0.717, 1.165) is 56.5 Å². The van der Waals surface area contributed by atoms with E-state index in [9.17, 15) is 9.59 Å². The second kappa shape index (κ2) is 15.5. The summed E-state index contributed by atoms with van der Waals surface area (Å²) in [6.45, 7) is 12.7.